The van der Waals surface area contributed by atoms with Gasteiger partial charge in [0.05, 0.1) is 12.6 Å². The van der Waals surface area contributed by atoms with Gasteiger partial charge in [-0.1, -0.05) is 0 Å². The first-order valence-corrected chi connectivity index (χ1v) is 10.8. The Morgan fingerprint density at radius 3 is 1.70 bits per heavy atom. The second-order valence-electron chi connectivity index (χ2n) is 8.79. The number of aliphatic hydroxyl groups excluding tert-OH is 7. The third-order valence-electron chi connectivity index (χ3n) is 6.48. The molecule has 0 aromatic heterocycles. The van der Waals surface area contributed by atoms with Crippen LogP contribution < -0.4 is 22.9 Å². The van der Waals surface area contributed by atoms with Crippen molar-refractivity contribution in [3.8, 4) is 0 Å². The Labute approximate surface area is 189 Å². The smallest absolute Gasteiger partial charge is 0.187 e. The first-order valence-electron chi connectivity index (χ1n) is 10.8. The van der Waals surface area contributed by atoms with E-state index in [4.69, 9.17) is 41.9 Å². The summed E-state index contributed by atoms with van der Waals surface area (Å²) in [6.07, 6.45) is -16.5. The summed E-state index contributed by atoms with van der Waals surface area (Å²) >= 11 is 0. The normalized spacial score (nSPS) is 53.7. The highest BCUT2D eigenvalue weighted by Gasteiger charge is 2.51. The first-order chi connectivity index (χ1) is 15.5. The molecule has 3 rings (SSSR count). The van der Waals surface area contributed by atoms with Gasteiger partial charge in [-0.05, 0) is 6.42 Å². The van der Waals surface area contributed by atoms with Crippen molar-refractivity contribution in [2.75, 3.05) is 13.2 Å². The predicted octanol–water partition coefficient (Wildman–Crippen LogP) is -7.29. The van der Waals surface area contributed by atoms with Gasteiger partial charge in [-0.25, -0.2) is 0 Å². The first kappa shape index (κ1) is 27.0. The van der Waals surface area contributed by atoms with Gasteiger partial charge in [0.2, 0.25) is 0 Å². The summed E-state index contributed by atoms with van der Waals surface area (Å²) in [5, 5.41) is 70.9. The van der Waals surface area contributed by atoms with Crippen LogP contribution >= 0.6 is 0 Å². The van der Waals surface area contributed by atoms with Gasteiger partial charge in [-0.3, -0.25) is 0 Å². The van der Waals surface area contributed by atoms with Crippen molar-refractivity contribution < 1.29 is 54.7 Å². The minimum absolute atomic E-state index is 0.0849. The molecule has 1 saturated carbocycles. The lowest BCUT2D eigenvalue weighted by Gasteiger charge is -2.48. The molecule has 33 heavy (non-hydrogen) atoms. The van der Waals surface area contributed by atoms with E-state index in [0.29, 0.717) is 0 Å². The molecule has 194 valence electrons. The number of hydrogen-bond acceptors (Lipinski definition) is 15. The topological polar surface area (TPSA) is 283 Å². The van der Waals surface area contributed by atoms with E-state index in [1.807, 2.05) is 0 Å². The number of hydrogen-bond donors (Lipinski definition) is 11. The fourth-order valence-electron chi connectivity index (χ4n) is 4.40. The maximum atomic E-state index is 10.9. The Morgan fingerprint density at radius 2 is 1.18 bits per heavy atom. The third-order valence-corrected chi connectivity index (χ3v) is 6.48. The monoisotopic (exact) mass is 484 g/mol. The van der Waals surface area contributed by atoms with Gasteiger partial charge in [0.1, 0.15) is 61.0 Å². The highest BCUT2D eigenvalue weighted by Crippen LogP contribution is 2.31. The average molecular weight is 485 g/mol. The van der Waals surface area contributed by atoms with Crippen LogP contribution in [0.15, 0.2) is 0 Å². The third kappa shape index (κ3) is 5.32. The van der Waals surface area contributed by atoms with Crippen LogP contribution in [0.2, 0.25) is 0 Å². The van der Waals surface area contributed by atoms with Crippen LogP contribution in [0.25, 0.3) is 0 Å². The molecule has 0 aromatic carbocycles. The van der Waals surface area contributed by atoms with Crippen molar-refractivity contribution in [2.45, 2.75) is 98.2 Å². The van der Waals surface area contributed by atoms with E-state index in [1.165, 1.54) is 0 Å². The molecule has 2 aliphatic heterocycles. The molecule has 15 N–H and O–H groups in total. The van der Waals surface area contributed by atoms with Crippen LogP contribution in [0.5, 0.6) is 0 Å². The zero-order valence-corrected chi connectivity index (χ0v) is 17.9. The molecule has 3 aliphatic rings. The van der Waals surface area contributed by atoms with E-state index >= 15 is 0 Å². The van der Waals surface area contributed by atoms with E-state index in [-0.39, 0.29) is 13.0 Å². The summed E-state index contributed by atoms with van der Waals surface area (Å²) in [6, 6.07) is -2.86. The van der Waals surface area contributed by atoms with Crippen LogP contribution in [-0.4, -0.2) is 141 Å². The molecule has 1 aliphatic carbocycles. The largest absolute Gasteiger partial charge is 0.394 e. The Bertz CT molecular complexity index is 584. The van der Waals surface area contributed by atoms with E-state index < -0.39 is 98.4 Å². The molecule has 0 unspecified atom stereocenters. The van der Waals surface area contributed by atoms with Crippen LogP contribution in [0, 0.1) is 0 Å². The highest BCUT2D eigenvalue weighted by atomic mass is 16.7. The van der Waals surface area contributed by atoms with E-state index in [9.17, 15) is 35.7 Å². The number of nitrogens with two attached hydrogens (primary N) is 4. The summed E-state index contributed by atoms with van der Waals surface area (Å²) in [6.45, 7) is -0.763. The zero-order chi connectivity index (χ0) is 24.6. The molecular formula is C18H36N4O11. The minimum Gasteiger partial charge on any atom is -0.394 e. The number of rotatable bonds is 6. The molecule has 15 nitrogen and oxygen atoms in total. The molecule has 15 atom stereocenters. The number of aliphatic hydroxyl groups is 7. The second-order valence-corrected chi connectivity index (χ2v) is 8.79. The summed E-state index contributed by atoms with van der Waals surface area (Å²) in [5.41, 5.74) is 23.5. The lowest BCUT2D eigenvalue weighted by atomic mass is 9.84. The van der Waals surface area contributed by atoms with Crippen LogP contribution in [0.4, 0.5) is 0 Å². The zero-order valence-electron chi connectivity index (χ0n) is 17.9. The van der Waals surface area contributed by atoms with Crippen LogP contribution in [-0.2, 0) is 18.9 Å². The molecule has 0 spiro atoms. The highest BCUT2D eigenvalue weighted by molar-refractivity contribution is 5.01. The van der Waals surface area contributed by atoms with Crippen molar-refractivity contribution in [1.82, 2.24) is 0 Å². The van der Waals surface area contributed by atoms with Crippen molar-refractivity contribution in [3.63, 3.8) is 0 Å². The van der Waals surface area contributed by atoms with Gasteiger partial charge in [-0.2, -0.15) is 0 Å². The molecule has 15 heteroatoms. The van der Waals surface area contributed by atoms with Crippen molar-refractivity contribution in [3.05, 3.63) is 0 Å². The van der Waals surface area contributed by atoms with Gasteiger partial charge in [0, 0.05) is 18.6 Å². The van der Waals surface area contributed by atoms with Crippen molar-refractivity contribution in [1.29, 1.82) is 0 Å². The van der Waals surface area contributed by atoms with Crippen LogP contribution in [0.3, 0.4) is 0 Å². The molecule has 0 aromatic rings. The summed E-state index contributed by atoms with van der Waals surface area (Å²) in [5.74, 6) is 0. The van der Waals surface area contributed by atoms with Gasteiger partial charge in [0.15, 0.2) is 12.6 Å². The fourth-order valence-corrected chi connectivity index (χ4v) is 4.40. The summed E-state index contributed by atoms with van der Waals surface area (Å²) in [7, 11) is 0. The van der Waals surface area contributed by atoms with E-state index in [0.717, 1.165) is 0 Å². The quantitative estimate of drug-likeness (QED) is 0.167. The molecule has 2 heterocycles. The van der Waals surface area contributed by atoms with Gasteiger partial charge >= 0.3 is 0 Å². The van der Waals surface area contributed by atoms with Crippen molar-refractivity contribution in [2.24, 2.45) is 22.9 Å². The molecule has 2 saturated heterocycles. The molecule has 0 amide bonds. The number of ether oxygens (including phenoxy) is 4. The maximum absolute atomic E-state index is 10.9. The Balaban J connectivity index is 1.72. The van der Waals surface area contributed by atoms with Gasteiger partial charge in [-0.15, -0.1) is 0 Å². The van der Waals surface area contributed by atoms with E-state index in [1.54, 1.807) is 0 Å². The van der Waals surface area contributed by atoms with E-state index in [2.05, 4.69) is 0 Å². The average Bonchev–Trinajstić information content (AvgIpc) is 2.79. The Morgan fingerprint density at radius 1 is 0.667 bits per heavy atom. The standard InChI is InChI=1S/C18H36N4O11/c19-2-6-10(25)12(27)13(28)18(30-6)33-16-5(21)1-4(20)15(14(16)29)32-17-11(26)8(22)9(24)7(3-23)31-17/h4-18,23-29H,1-3,19-22H2/t4-,5+,6+,7+,8+,9+,10+,11+,12+,13+,14-,15-,16-,17+,18+/m0/s1. The second kappa shape index (κ2) is 11.0. The Hall–Kier alpha value is -0.600. The lowest BCUT2D eigenvalue weighted by Crippen LogP contribution is -2.68. The molecule has 0 bridgehead atoms. The predicted molar refractivity (Wildman–Crippen MR) is 108 cm³/mol. The lowest BCUT2D eigenvalue weighted by molar-refractivity contribution is -0.332. The summed E-state index contributed by atoms with van der Waals surface area (Å²) in [4.78, 5) is 0. The van der Waals surface area contributed by atoms with Crippen molar-refractivity contribution >= 4 is 0 Å². The summed E-state index contributed by atoms with van der Waals surface area (Å²) < 4.78 is 22.2. The fraction of sp³-hybridized carbons (Fsp3) is 1.00. The SMILES string of the molecule is NC[C@H]1O[C@H](O[C@@H]2[C@@H](O)[C@@H](O[C@H]3O[C@H](CO)[C@@H](O)[C@@H](N)[C@H]3O)[C@@H](N)C[C@H]2N)[C@H](O)[C@H](O)[C@@H]1O. The molecular weight excluding hydrogens is 448 g/mol. The maximum Gasteiger partial charge on any atom is 0.187 e. The molecule has 0 radical (unpaired) electrons. The van der Waals surface area contributed by atoms with Gasteiger partial charge in [0.25, 0.3) is 0 Å². The van der Waals surface area contributed by atoms with Gasteiger partial charge < -0.3 is 77.6 Å². The van der Waals surface area contributed by atoms with Crippen LogP contribution in [0.1, 0.15) is 6.42 Å². The Kier molecular flexibility index (Phi) is 8.99. The minimum atomic E-state index is -1.66. The molecule has 3 fully saturated rings.